The molecule has 0 radical (unpaired) electrons. The third-order valence-corrected chi connectivity index (χ3v) is 3.86. The van der Waals surface area contributed by atoms with Crippen molar-refractivity contribution in [2.45, 2.75) is 0 Å². The van der Waals surface area contributed by atoms with Gasteiger partial charge in [0.15, 0.2) is 5.65 Å². The Bertz CT molecular complexity index is 1060. The van der Waals surface area contributed by atoms with Gasteiger partial charge in [-0.05, 0) is 35.4 Å². The van der Waals surface area contributed by atoms with Gasteiger partial charge in [0, 0.05) is 6.20 Å². The molecule has 4 aromatic rings. The molecule has 5 nitrogen and oxygen atoms in total. The van der Waals surface area contributed by atoms with Crippen molar-refractivity contribution in [2.24, 2.45) is 0 Å². The van der Waals surface area contributed by atoms with E-state index >= 15 is 0 Å². The summed E-state index contributed by atoms with van der Waals surface area (Å²) in [6, 6.07) is 19.3. The fourth-order valence-corrected chi connectivity index (χ4v) is 2.60. The van der Waals surface area contributed by atoms with Gasteiger partial charge >= 0.3 is 0 Å². The standard InChI is InChI=1S/C19H13FN4O/c20-16-12-14(13-6-2-1-3-7-13)9-10-15(16)18(25)21-19-23-22-17-8-4-5-11-24(17)19/h1-12H,(H,21,23,25). The first-order valence-corrected chi connectivity index (χ1v) is 7.68. The monoisotopic (exact) mass is 332 g/mol. The molecule has 2 aromatic carbocycles. The molecule has 0 fully saturated rings. The molecule has 2 heterocycles. The Labute approximate surface area is 142 Å². The van der Waals surface area contributed by atoms with Crippen LogP contribution < -0.4 is 5.32 Å². The molecular weight excluding hydrogens is 319 g/mol. The van der Waals surface area contributed by atoms with Crippen molar-refractivity contribution in [1.29, 1.82) is 0 Å². The Morgan fingerprint density at radius 3 is 2.52 bits per heavy atom. The van der Waals surface area contributed by atoms with E-state index in [1.807, 2.05) is 36.4 Å². The van der Waals surface area contributed by atoms with E-state index in [-0.39, 0.29) is 11.5 Å². The van der Waals surface area contributed by atoms with Gasteiger partial charge < -0.3 is 0 Å². The van der Waals surface area contributed by atoms with Crippen LogP contribution >= 0.6 is 0 Å². The average Bonchev–Trinajstić information content (AvgIpc) is 3.05. The molecule has 1 amide bonds. The molecule has 1 N–H and O–H groups in total. The Balaban J connectivity index is 1.62. The van der Waals surface area contributed by atoms with Crippen LogP contribution in [0.3, 0.4) is 0 Å². The molecule has 0 aliphatic carbocycles. The van der Waals surface area contributed by atoms with Crippen LogP contribution in [0, 0.1) is 5.82 Å². The van der Waals surface area contributed by atoms with Gasteiger partial charge in [0.25, 0.3) is 5.91 Å². The van der Waals surface area contributed by atoms with Crippen LogP contribution in [0.5, 0.6) is 0 Å². The maximum absolute atomic E-state index is 14.4. The van der Waals surface area contributed by atoms with Crippen molar-refractivity contribution in [2.75, 3.05) is 5.32 Å². The summed E-state index contributed by atoms with van der Waals surface area (Å²) in [4.78, 5) is 12.4. The lowest BCUT2D eigenvalue weighted by atomic mass is 10.0. The van der Waals surface area contributed by atoms with Crippen molar-refractivity contribution in [1.82, 2.24) is 14.6 Å². The number of nitrogens with one attached hydrogen (secondary N) is 1. The molecule has 0 atom stereocenters. The summed E-state index contributed by atoms with van der Waals surface area (Å²) in [6.07, 6.45) is 1.72. The van der Waals surface area contributed by atoms with E-state index < -0.39 is 11.7 Å². The van der Waals surface area contributed by atoms with Gasteiger partial charge in [-0.25, -0.2) is 4.39 Å². The number of fused-ring (bicyclic) bond motifs is 1. The predicted molar refractivity (Wildman–Crippen MR) is 92.8 cm³/mol. The molecule has 0 saturated heterocycles. The summed E-state index contributed by atoms with van der Waals surface area (Å²) in [5, 5.41) is 10.5. The molecule has 0 bridgehead atoms. The number of nitrogens with zero attached hydrogens (tertiary/aromatic N) is 3. The van der Waals surface area contributed by atoms with Crippen molar-refractivity contribution in [3.05, 3.63) is 84.3 Å². The Kier molecular flexibility index (Phi) is 3.70. The zero-order valence-corrected chi connectivity index (χ0v) is 13.1. The third kappa shape index (κ3) is 2.85. The number of carbonyl (C=O) groups is 1. The SMILES string of the molecule is O=C(Nc1nnc2ccccn12)c1ccc(-c2ccccc2)cc1F. The highest BCUT2D eigenvalue weighted by atomic mass is 19.1. The number of benzene rings is 2. The van der Waals surface area contributed by atoms with Crippen molar-refractivity contribution in [3.63, 3.8) is 0 Å². The summed E-state index contributed by atoms with van der Waals surface area (Å²) in [6.45, 7) is 0. The number of halogens is 1. The molecule has 0 aliphatic heterocycles. The van der Waals surface area contributed by atoms with Crippen LogP contribution in [0.2, 0.25) is 0 Å². The van der Waals surface area contributed by atoms with Crippen molar-refractivity contribution in [3.8, 4) is 11.1 Å². The highest BCUT2D eigenvalue weighted by molar-refractivity contribution is 6.04. The molecule has 0 spiro atoms. The molecule has 122 valence electrons. The van der Waals surface area contributed by atoms with Crippen LogP contribution in [-0.2, 0) is 0 Å². The van der Waals surface area contributed by atoms with Crippen LogP contribution in [0.15, 0.2) is 72.9 Å². The number of rotatable bonds is 3. The first kappa shape index (κ1) is 15.0. The van der Waals surface area contributed by atoms with Gasteiger partial charge in [-0.15, -0.1) is 10.2 Å². The second-order valence-electron chi connectivity index (χ2n) is 5.47. The van der Waals surface area contributed by atoms with Gasteiger partial charge in [0.2, 0.25) is 5.95 Å². The summed E-state index contributed by atoms with van der Waals surface area (Å²) >= 11 is 0. The molecule has 0 aliphatic rings. The van der Waals surface area contributed by atoms with Gasteiger partial charge in [-0.3, -0.25) is 14.5 Å². The second kappa shape index (κ2) is 6.16. The minimum absolute atomic E-state index is 0.0487. The largest absolute Gasteiger partial charge is 0.290 e. The van der Waals surface area contributed by atoms with Gasteiger partial charge in [0.05, 0.1) is 5.56 Å². The van der Waals surface area contributed by atoms with E-state index in [0.29, 0.717) is 11.2 Å². The van der Waals surface area contributed by atoms with Crippen molar-refractivity contribution < 1.29 is 9.18 Å². The summed E-state index contributed by atoms with van der Waals surface area (Å²) in [5.41, 5.74) is 2.14. The van der Waals surface area contributed by atoms with E-state index in [2.05, 4.69) is 15.5 Å². The maximum Gasteiger partial charge on any atom is 0.260 e. The Hall–Kier alpha value is -3.54. The molecule has 6 heteroatoms. The van der Waals surface area contributed by atoms with E-state index in [4.69, 9.17) is 0 Å². The Morgan fingerprint density at radius 1 is 0.920 bits per heavy atom. The van der Waals surface area contributed by atoms with Gasteiger partial charge in [-0.1, -0.05) is 42.5 Å². The quantitative estimate of drug-likeness (QED) is 0.621. The normalized spacial score (nSPS) is 10.8. The summed E-state index contributed by atoms with van der Waals surface area (Å²) in [7, 11) is 0. The van der Waals surface area contributed by atoms with Crippen LogP contribution in [-0.4, -0.2) is 20.5 Å². The fraction of sp³-hybridized carbons (Fsp3) is 0. The first-order valence-electron chi connectivity index (χ1n) is 7.68. The molecule has 4 rings (SSSR count). The average molecular weight is 332 g/mol. The Morgan fingerprint density at radius 2 is 1.72 bits per heavy atom. The van der Waals surface area contributed by atoms with E-state index in [0.717, 1.165) is 5.56 Å². The zero-order chi connectivity index (χ0) is 17.2. The van der Waals surface area contributed by atoms with E-state index in [1.165, 1.54) is 12.1 Å². The highest BCUT2D eigenvalue weighted by Gasteiger charge is 2.15. The van der Waals surface area contributed by atoms with Crippen LogP contribution in [0.25, 0.3) is 16.8 Å². The van der Waals surface area contributed by atoms with Crippen LogP contribution in [0.4, 0.5) is 10.3 Å². The number of hydrogen-bond donors (Lipinski definition) is 1. The number of aromatic nitrogens is 3. The van der Waals surface area contributed by atoms with Gasteiger partial charge in [-0.2, -0.15) is 0 Å². The van der Waals surface area contributed by atoms with Gasteiger partial charge in [0.1, 0.15) is 5.82 Å². The minimum Gasteiger partial charge on any atom is -0.290 e. The fourth-order valence-electron chi connectivity index (χ4n) is 2.60. The molecule has 0 unspecified atom stereocenters. The minimum atomic E-state index is -0.590. The number of amides is 1. The number of pyridine rings is 1. The lowest BCUT2D eigenvalue weighted by molar-refractivity contribution is 0.102. The second-order valence-corrected chi connectivity index (χ2v) is 5.47. The molecule has 2 aromatic heterocycles. The van der Waals surface area contributed by atoms with Crippen LogP contribution in [0.1, 0.15) is 10.4 Å². The van der Waals surface area contributed by atoms with E-state index in [1.54, 1.807) is 28.8 Å². The molecule has 0 saturated carbocycles. The predicted octanol–water partition coefficient (Wildman–Crippen LogP) is 3.79. The lowest BCUT2D eigenvalue weighted by Crippen LogP contribution is -2.15. The first-order chi connectivity index (χ1) is 12.2. The summed E-state index contributed by atoms with van der Waals surface area (Å²) in [5.74, 6) is -0.921. The lowest BCUT2D eigenvalue weighted by Gasteiger charge is -2.07. The number of anilines is 1. The number of carbonyl (C=O) groups excluding carboxylic acids is 1. The summed E-state index contributed by atoms with van der Waals surface area (Å²) < 4.78 is 16.0. The highest BCUT2D eigenvalue weighted by Crippen LogP contribution is 2.22. The van der Waals surface area contributed by atoms with E-state index in [9.17, 15) is 9.18 Å². The topological polar surface area (TPSA) is 59.3 Å². The van der Waals surface area contributed by atoms with Crippen molar-refractivity contribution >= 4 is 17.5 Å². The zero-order valence-electron chi connectivity index (χ0n) is 13.1. The maximum atomic E-state index is 14.4. The smallest absolute Gasteiger partial charge is 0.260 e. The number of hydrogen-bond acceptors (Lipinski definition) is 3. The molecular formula is C19H13FN4O. The molecule has 25 heavy (non-hydrogen) atoms. The third-order valence-electron chi connectivity index (χ3n) is 3.86.